The van der Waals surface area contributed by atoms with Crippen molar-refractivity contribution in [2.45, 2.75) is 51.1 Å². The van der Waals surface area contributed by atoms with Gasteiger partial charge in [0.05, 0.1) is 24.2 Å². The largest absolute Gasteiger partial charge is 0.350 e. The van der Waals surface area contributed by atoms with Crippen molar-refractivity contribution in [3.05, 3.63) is 30.1 Å². The number of hydrogen-bond acceptors (Lipinski definition) is 5. The molecule has 2 amide bonds. The molecule has 7 heteroatoms. The zero-order valence-electron chi connectivity index (χ0n) is 16.8. The lowest BCUT2D eigenvalue weighted by Crippen LogP contribution is -2.52. The van der Waals surface area contributed by atoms with E-state index in [4.69, 9.17) is 0 Å². The van der Waals surface area contributed by atoms with Gasteiger partial charge >= 0.3 is 0 Å². The topological polar surface area (TPSA) is 89.3 Å². The van der Waals surface area contributed by atoms with Crippen molar-refractivity contribution < 1.29 is 9.59 Å². The summed E-state index contributed by atoms with van der Waals surface area (Å²) in [7, 11) is 0. The van der Waals surface area contributed by atoms with Crippen molar-refractivity contribution in [3.63, 3.8) is 0 Å². The number of carbonyl (C=O) groups excluding carboxylic acids is 2. The number of carbonyl (C=O) groups is 2. The maximum Gasteiger partial charge on any atom is 0.243 e. The Balaban J connectivity index is 1.25. The summed E-state index contributed by atoms with van der Waals surface area (Å²) in [6, 6.07) is 8.35. The van der Waals surface area contributed by atoms with Crippen LogP contribution in [0.25, 0.3) is 0 Å². The number of hydrogen-bond donors (Lipinski definition) is 1. The fraction of sp³-hybridized carbons (Fsp3) is 0.636. The molecule has 0 bridgehead atoms. The maximum absolute atomic E-state index is 12.6. The second-order valence-electron chi connectivity index (χ2n) is 8.59. The van der Waals surface area contributed by atoms with Gasteiger partial charge in [-0.3, -0.25) is 19.5 Å². The summed E-state index contributed by atoms with van der Waals surface area (Å²) in [5.74, 6) is 0.155. The van der Waals surface area contributed by atoms with E-state index in [1.807, 2.05) is 23.1 Å². The van der Waals surface area contributed by atoms with Crippen molar-refractivity contribution in [3.8, 4) is 6.07 Å². The molecular weight excluding hydrogens is 366 g/mol. The van der Waals surface area contributed by atoms with Crippen LogP contribution in [0.15, 0.2) is 24.4 Å². The molecule has 154 valence electrons. The number of aromatic nitrogens is 1. The minimum Gasteiger partial charge on any atom is -0.350 e. The van der Waals surface area contributed by atoms with Crippen molar-refractivity contribution >= 4 is 11.8 Å². The van der Waals surface area contributed by atoms with Crippen LogP contribution in [-0.4, -0.2) is 58.8 Å². The molecule has 1 aromatic rings. The Kier molecular flexibility index (Phi) is 5.81. The molecule has 3 heterocycles. The van der Waals surface area contributed by atoms with E-state index in [1.54, 1.807) is 6.20 Å². The van der Waals surface area contributed by atoms with Gasteiger partial charge in [-0.1, -0.05) is 6.07 Å². The zero-order chi connectivity index (χ0) is 20.3. The fourth-order valence-electron chi connectivity index (χ4n) is 4.61. The number of pyridine rings is 1. The van der Waals surface area contributed by atoms with Crippen LogP contribution >= 0.6 is 0 Å². The quantitative estimate of drug-likeness (QED) is 0.820. The van der Waals surface area contributed by atoms with Crippen molar-refractivity contribution in [2.75, 3.05) is 26.2 Å². The van der Waals surface area contributed by atoms with Crippen LogP contribution in [0.5, 0.6) is 0 Å². The SMILES string of the molecule is N#CC1(C(=O)N2CCC(N3CCC[C@@H](C(=O)NCc4ccccn4)C3)CC2)CC1. The smallest absolute Gasteiger partial charge is 0.243 e. The van der Waals surface area contributed by atoms with Gasteiger partial charge in [-0.2, -0.15) is 5.26 Å². The van der Waals surface area contributed by atoms with E-state index < -0.39 is 5.41 Å². The Morgan fingerprint density at radius 3 is 2.66 bits per heavy atom. The van der Waals surface area contributed by atoms with Gasteiger partial charge in [0.25, 0.3) is 0 Å². The molecule has 7 nitrogen and oxygen atoms in total. The highest BCUT2D eigenvalue weighted by Crippen LogP contribution is 2.46. The summed E-state index contributed by atoms with van der Waals surface area (Å²) in [5.41, 5.74) is 0.158. The average molecular weight is 396 g/mol. The number of nitrogens with zero attached hydrogens (tertiary/aromatic N) is 4. The van der Waals surface area contributed by atoms with Gasteiger partial charge in [-0.15, -0.1) is 0 Å². The standard InChI is InChI=1S/C22H29N5O2/c23-16-22(8-9-22)21(29)26-12-6-19(7-13-26)27-11-3-4-17(15-27)20(28)25-14-18-5-1-2-10-24-18/h1-2,5,10,17,19H,3-4,6-9,11-15H2,(H,25,28)/t17-/m1/s1. The number of nitriles is 1. The summed E-state index contributed by atoms with van der Waals surface area (Å²) >= 11 is 0. The highest BCUT2D eigenvalue weighted by molar-refractivity contribution is 5.88. The monoisotopic (exact) mass is 395 g/mol. The minimum atomic E-state index is -0.714. The molecule has 1 N–H and O–H groups in total. The molecule has 29 heavy (non-hydrogen) atoms. The number of nitrogens with one attached hydrogen (secondary N) is 1. The van der Waals surface area contributed by atoms with Gasteiger partial charge < -0.3 is 10.2 Å². The van der Waals surface area contributed by atoms with Crippen molar-refractivity contribution in [1.29, 1.82) is 5.26 Å². The molecule has 3 fully saturated rings. The summed E-state index contributed by atoms with van der Waals surface area (Å²) in [6.07, 6.45) is 6.96. The van der Waals surface area contributed by atoms with Crippen LogP contribution in [0.3, 0.4) is 0 Å². The molecule has 0 aromatic carbocycles. The van der Waals surface area contributed by atoms with Crippen molar-refractivity contribution in [1.82, 2.24) is 20.1 Å². The Bertz CT molecular complexity index is 778. The van der Waals surface area contributed by atoms with Gasteiger partial charge in [-0.25, -0.2) is 0 Å². The van der Waals surface area contributed by atoms with Crippen LogP contribution in [-0.2, 0) is 16.1 Å². The number of amides is 2. The Hall–Kier alpha value is -2.46. The molecule has 2 saturated heterocycles. The Morgan fingerprint density at radius 2 is 2.00 bits per heavy atom. The van der Waals surface area contributed by atoms with Gasteiger partial charge in [0.15, 0.2) is 0 Å². The molecule has 1 aliphatic carbocycles. The van der Waals surface area contributed by atoms with E-state index in [2.05, 4.69) is 21.3 Å². The molecule has 3 aliphatic rings. The molecule has 0 spiro atoms. The first-order valence-electron chi connectivity index (χ1n) is 10.7. The van der Waals surface area contributed by atoms with Crippen LogP contribution in [0.2, 0.25) is 0 Å². The molecule has 2 aliphatic heterocycles. The maximum atomic E-state index is 12.6. The first kappa shape index (κ1) is 19.8. The third-order valence-electron chi connectivity index (χ3n) is 6.63. The molecule has 0 radical (unpaired) electrons. The summed E-state index contributed by atoms with van der Waals surface area (Å²) in [6.45, 7) is 3.72. The van der Waals surface area contributed by atoms with Gasteiger partial charge in [0, 0.05) is 31.9 Å². The van der Waals surface area contributed by atoms with Crippen LogP contribution in [0.1, 0.15) is 44.2 Å². The highest BCUT2D eigenvalue weighted by atomic mass is 16.2. The number of piperidine rings is 2. The van der Waals surface area contributed by atoms with E-state index >= 15 is 0 Å². The van der Waals surface area contributed by atoms with Crippen LogP contribution < -0.4 is 5.32 Å². The molecule has 1 atom stereocenters. The predicted octanol–water partition coefficient (Wildman–Crippen LogP) is 1.70. The van der Waals surface area contributed by atoms with E-state index in [9.17, 15) is 14.9 Å². The minimum absolute atomic E-state index is 0.0143. The predicted molar refractivity (Wildman–Crippen MR) is 107 cm³/mol. The van der Waals surface area contributed by atoms with Crippen molar-refractivity contribution in [2.24, 2.45) is 11.3 Å². The molecule has 4 rings (SSSR count). The second kappa shape index (κ2) is 8.50. The van der Waals surface area contributed by atoms with Gasteiger partial charge in [0.2, 0.25) is 11.8 Å². The normalized spacial score (nSPS) is 24.5. The number of rotatable bonds is 5. The fourth-order valence-corrected chi connectivity index (χ4v) is 4.61. The van der Waals surface area contributed by atoms with E-state index in [-0.39, 0.29) is 17.7 Å². The summed E-state index contributed by atoms with van der Waals surface area (Å²) < 4.78 is 0. The average Bonchev–Trinajstić information content (AvgIpc) is 3.59. The molecule has 1 aromatic heterocycles. The van der Waals surface area contributed by atoms with E-state index in [1.165, 1.54) is 0 Å². The lowest BCUT2D eigenvalue weighted by atomic mass is 9.93. The molecular formula is C22H29N5O2. The molecule has 0 unspecified atom stereocenters. The zero-order valence-corrected chi connectivity index (χ0v) is 16.8. The lowest BCUT2D eigenvalue weighted by molar-refractivity contribution is -0.136. The number of likely N-dealkylation sites (tertiary alicyclic amines) is 2. The first-order valence-corrected chi connectivity index (χ1v) is 10.7. The Labute approximate surface area is 172 Å². The van der Waals surface area contributed by atoms with Gasteiger partial charge in [-0.05, 0) is 57.2 Å². The summed E-state index contributed by atoms with van der Waals surface area (Å²) in [5, 5.41) is 12.3. The molecule has 1 saturated carbocycles. The van der Waals surface area contributed by atoms with Gasteiger partial charge in [0.1, 0.15) is 5.41 Å². The summed E-state index contributed by atoms with van der Waals surface area (Å²) in [4.78, 5) is 33.8. The first-order chi connectivity index (χ1) is 14.1. The van der Waals surface area contributed by atoms with E-state index in [0.29, 0.717) is 25.4 Å². The van der Waals surface area contributed by atoms with Crippen LogP contribution in [0, 0.1) is 22.7 Å². The highest BCUT2D eigenvalue weighted by Gasteiger charge is 2.52. The Morgan fingerprint density at radius 1 is 1.21 bits per heavy atom. The van der Waals surface area contributed by atoms with Crippen LogP contribution in [0.4, 0.5) is 0 Å². The third-order valence-corrected chi connectivity index (χ3v) is 6.63. The van der Waals surface area contributed by atoms with E-state index in [0.717, 1.165) is 57.6 Å². The third kappa shape index (κ3) is 4.43. The lowest BCUT2D eigenvalue weighted by Gasteiger charge is -2.42. The second-order valence-corrected chi connectivity index (χ2v) is 8.59.